The minimum absolute atomic E-state index is 0.312. The molecule has 5 nitrogen and oxygen atoms in total. The Morgan fingerprint density at radius 2 is 1.77 bits per heavy atom. The molecule has 2 aliphatic carbocycles. The summed E-state index contributed by atoms with van der Waals surface area (Å²) in [6.45, 7) is 15.4. The third-order valence-electron chi connectivity index (χ3n) is 7.00. The molecule has 2 aliphatic heterocycles. The lowest BCUT2D eigenvalue weighted by atomic mass is 9.99. The van der Waals surface area contributed by atoms with Crippen molar-refractivity contribution in [3.05, 3.63) is 60.1 Å². The summed E-state index contributed by atoms with van der Waals surface area (Å²) < 4.78 is 0. The fourth-order valence-corrected chi connectivity index (χ4v) is 4.72. The largest absolute Gasteiger partial charge is 0.369 e. The first-order valence-corrected chi connectivity index (χ1v) is 11.7. The van der Waals surface area contributed by atoms with Gasteiger partial charge in [0.05, 0.1) is 12.1 Å². The first-order valence-electron chi connectivity index (χ1n) is 11.7. The third kappa shape index (κ3) is 4.27. The average Bonchev–Trinajstić information content (AvgIpc) is 3.20. The SMILES string of the molecule is C=C1N(C2C=CC(N3CCN(C4C=CC(CC)=CC4)CC3)=CC2)C=NN1C(C)CC. The smallest absolute Gasteiger partial charge is 0.124 e. The average molecular weight is 408 g/mol. The van der Waals surface area contributed by atoms with Crippen molar-refractivity contribution >= 4 is 6.34 Å². The zero-order valence-electron chi connectivity index (χ0n) is 18.9. The van der Waals surface area contributed by atoms with Crippen molar-refractivity contribution < 1.29 is 0 Å². The third-order valence-corrected chi connectivity index (χ3v) is 7.00. The second kappa shape index (κ2) is 9.25. The number of hydrogen-bond acceptors (Lipinski definition) is 5. The van der Waals surface area contributed by atoms with Gasteiger partial charge in [-0.2, -0.15) is 5.10 Å². The molecule has 4 aliphatic rings. The normalized spacial score (nSPS) is 28.2. The van der Waals surface area contributed by atoms with E-state index in [1.807, 2.05) is 11.3 Å². The lowest BCUT2D eigenvalue weighted by Gasteiger charge is -2.41. The first kappa shape index (κ1) is 21.0. The quantitative estimate of drug-likeness (QED) is 0.655. The number of allylic oxidation sites excluding steroid dienone is 3. The van der Waals surface area contributed by atoms with E-state index in [2.05, 4.69) is 83.6 Å². The molecule has 0 amide bonds. The number of hydrogen-bond donors (Lipinski definition) is 0. The molecule has 0 aromatic carbocycles. The van der Waals surface area contributed by atoms with Gasteiger partial charge in [0.15, 0.2) is 0 Å². The molecule has 30 heavy (non-hydrogen) atoms. The van der Waals surface area contributed by atoms with Crippen LogP contribution in [0.1, 0.15) is 46.5 Å². The number of piperazine rings is 1. The molecule has 0 aromatic heterocycles. The van der Waals surface area contributed by atoms with Crippen LogP contribution >= 0.6 is 0 Å². The van der Waals surface area contributed by atoms with Crippen LogP contribution in [0.5, 0.6) is 0 Å². The van der Waals surface area contributed by atoms with E-state index >= 15 is 0 Å². The molecule has 0 radical (unpaired) electrons. The number of hydrazone groups is 1. The van der Waals surface area contributed by atoms with Crippen LogP contribution in [0, 0.1) is 0 Å². The van der Waals surface area contributed by atoms with Crippen LogP contribution in [0.25, 0.3) is 0 Å². The summed E-state index contributed by atoms with van der Waals surface area (Å²) in [7, 11) is 0. The van der Waals surface area contributed by atoms with E-state index in [1.54, 1.807) is 0 Å². The standard InChI is InChI=1S/C25H37N5/c1-5-20(3)30-21(4)29(19-26-30)25-13-11-24(12-14-25)28-17-15-27(16-18-28)23-9-7-22(6-2)8-10-23/h7-9,11-13,19-20,23,25H,4-6,10,14-18H2,1-3H3. The lowest BCUT2D eigenvalue weighted by molar-refractivity contribution is 0.136. The molecule has 0 N–H and O–H groups in total. The van der Waals surface area contributed by atoms with Gasteiger partial charge in [-0.25, -0.2) is 5.01 Å². The summed E-state index contributed by atoms with van der Waals surface area (Å²) >= 11 is 0. The Hall–Kier alpha value is -2.27. The summed E-state index contributed by atoms with van der Waals surface area (Å²) in [6, 6.07) is 1.28. The molecule has 5 heteroatoms. The zero-order chi connectivity index (χ0) is 21.1. The van der Waals surface area contributed by atoms with Gasteiger partial charge in [-0.3, -0.25) is 4.90 Å². The number of rotatable bonds is 6. The Balaban J connectivity index is 1.27. The van der Waals surface area contributed by atoms with Gasteiger partial charge in [0.25, 0.3) is 0 Å². The molecule has 3 unspecified atom stereocenters. The van der Waals surface area contributed by atoms with Crippen LogP contribution in [-0.2, 0) is 0 Å². The molecule has 0 aromatic rings. The van der Waals surface area contributed by atoms with Crippen LogP contribution in [0.2, 0.25) is 0 Å². The molecule has 2 heterocycles. The monoisotopic (exact) mass is 407 g/mol. The van der Waals surface area contributed by atoms with Crippen LogP contribution in [0.3, 0.4) is 0 Å². The van der Waals surface area contributed by atoms with Crippen LogP contribution < -0.4 is 0 Å². The van der Waals surface area contributed by atoms with Crippen LogP contribution in [0.4, 0.5) is 0 Å². The van der Waals surface area contributed by atoms with Crippen molar-refractivity contribution in [2.24, 2.45) is 5.10 Å². The van der Waals surface area contributed by atoms with E-state index in [0.717, 1.165) is 51.3 Å². The maximum atomic E-state index is 4.57. The molecule has 162 valence electrons. The van der Waals surface area contributed by atoms with Gasteiger partial charge >= 0.3 is 0 Å². The van der Waals surface area contributed by atoms with E-state index in [0.29, 0.717) is 18.1 Å². The predicted octanol–water partition coefficient (Wildman–Crippen LogP) is 4.31. The Bertz CT molecular complexity index is 781. The Morgan fingerprint density at radius 1 is 1.03 bits per heavy atom. The minimum atomic E-state index is 0.312. The number of nitrogens with zero attached hydrogens (tertiary/aromatic N) is 5. The fraction of sp³-hybridized carbons (Fsp3) is 0.560. The maximum absolute atomic E-state index is 4.57. The molecule has 1 fully saturated rings. The van der Waals surface area contributed by atoms with Crippen molar-refractivity contribution in [2.75, 3.05) is 26.2 Å². The van der Waals surface area contributed by atoms with Crippen molar-refractivity contribution in [3.63, 3.8) is 0 Å². The van der Waals surface area contributed by atoms with Gasteiger partial charge in [-0.15, -0.1) is 0 Å². The topological polar surface area (TPSA) is 25.3 Å². The minimum Gasteiger partial charge on any atom is -0.369 e. The van der Waals surface area contributed by atoms with Crippen molar-refractivity contribution in [1.29, 1.82) is 0 Å². The molecular weight excluding hydrogens is 370 g/mol. The van der Waals surface area contributed by atoms with Crippen molar-refractivity contribution in [1.82, 2.24) is 19.7 Å². The fourth-order valence-electron chi connectivity index (χ4n) is 4.72. The zero-order valence-corrected chi connectivity index (χ0v) is 18.9. The van der Waals surface area contributed by atoms with E-state index in [4.69, 9.17) is 0 Å². The molecule has 1 saturated heterocycles. The summed E-state index contributed by atoms with van der Waals surface area (Å²) in [6.07, 6.45) is 20.5. The lowest BCUT2D eigenvalue weighted by Crippen LogP contribution is -2.49. The highest BCUT2D eigenvalue weighted by Crippen LogP contribution is 2.27. The summed E-state index contributed by atoms with van der Waals surface area (Å²) in [5, 5.41) is 6.62. The molecule has 4 rings (SSSR count). The molecule has 0 spiro atoms. The van der Waals surface area contributed by atoms with Gasteiger partial charge in [0.1, 0.15) is 12.2 Å². The van der Waals surface area contributed by atoms with Gasteiger partial charge in [0.2, 0.25) is 0 Å². The maximum Gasteiger partial charge on any atom is 0.124 e. The van der Waals surface area contributed by atoms with Crippen molar-refractivity contribution in [2.45, 2.75) is 64.6 Å². The first-order chi connectivity index (χ1) is 14.6. The summed E-state index contributed by atoms with van der Waals surface area (Å²) in [5.74, 6) is 0.991. The van der Waals surface area contributed by atoms with Crippen LogP contribution in [-0.4, -0.2) is 70.4 Å². The van der Waals surface area contributed by atoms with Gasteiger partial charge in [0, 0.05) is 37.9 Å². The second-order valence-electron chi connectivity index (χ2n) is 8.77. The molecule has 0 saturated carbocycles. The summed E-state index contributed by atoms with van der Waals surface area (Å²) in [5.41, 5.74) is 2.86. The van der Waals surface area contributed by atoms with Crippen molar-refractivity contribution in [3.8, 4) is 0 Å². The Labute approximate surface area is 182 Å². The highest BCUT2D eigenvalue weighted by atomic mass is 15.6. The second-order valence-corrected chi connectivity index (χ2v) is 8.77. The summed E-state index contributed by atoms with van der Waals surface area (Å²) in [4.78, 5) is 7.39. The highest BCUT2D eigenvalue weighted by molar-refractivity contribution is 5.61. The predicted molar refractivity (Wildman–Crippen MR) is 126 cm³/mol. The van der Waals surface area contributed by atoms with Gasteiger partial charge in [-0.1, -0.05) is 56.4 Å². The van der Waals surface area contributed by atoms with Crippen LogP contribution in [0.15, 0.2) is 65.2 Å². The van der Waals surface area contributed by atoms with Gasteiger partial charge < -0.3 is 9.80 Å². The Morgan fingerprint density at radius 3 is 2.37 bits per heavy atom. The highest BCUT2D eigenvalue weighted by Gasteiger charge is 2.29. The van der Waals surface area contributed by atoms with E-state index in [1.165, 1.54) is 17.7 Å². The molecule has 3 atom stereocenters. The molecular formula is C25H37N5. The Kier molecular flexibility index (Phi) is 6.47. The van der Waals surface area contributed by atoms with E-state index in [-0.39, 0.29) is 0 Å². The molecule has 0 bridgehead atoms. The van der Waals surface area contributed by atoms with E-state index < -0.39 is 0 Å². The van der Waals surface area contributed by atoms with Gasteiger partial charge in [-0.05, 0) is 38.7 Å². The van der Waals surface area contributed by atoms with E-state index in [9.17, 15) is 0 Å².